The molecule has 0 radical (unpaired) electrons. The van der Waals surface area contributed by atoms with Crippen molar-refractivity contribution in [2.24, 2.45) is 0 Å². The summed E-state index contributed by atoms with van der Waals surface area (Å²) in [6.07, 6.45) is 2.94. The highest BCUT2D eigenvalue weighted by molar-refractivity contribution is 6.02. The second kappa shape index (κ2) is 7.89. The fourth-order valence-electron chi connectivity index (χ4n) is 1.98. The van der Waals surface area contributed by atoms with Crippen LogP contribution >= 0.6 is 0 Å². The van der Waals surface area contributed by atoms with Gasteiger partial charge in [0, 0.05) is 29.2 Å². The van der Waals surface area contributed by atoms with Crippen LogP contribution < -0.4 is 27.3 Å². The highest BCUT2D eigenvalue weighted by Crippen LogP contribution is 2.25. The van der Waals surface area contributed by atoms with Gasteiger partial charge in [-0.1, -0.05) is 0 Å². The Labute approximate surface area is 139 Å². The Hall–Kier alpha value is -3.19. The highest BCUT2D eigenvalue weighted by atomic mass is 16.5. The van der Waals surface area contributed by atoms with E-state index in [-0.39, 0.29) is 19.1 Å². The molecule has 2 aromatic rings. The number of rotatable bonds is 6. The topological polar surface area (TPSA) is 137 Å². The van der Waals surface area contributed by atoms with Gasteiger partial charge in [0.2, 0.25) is 5.91 Å². The highest BCUT2D eigenvalue weighted by Gasteiger charge is 2.05. The fraction of sp³-hybridized carbons (Fsp3) is 0.118. The van der Waals surface area contributed by atoms with Crippen molar-refractivity contribution in [2.45, 2.75) is 0 Å². The predicted octanol–water partition coefficient (Wildman–Crippen LogP) is 1.46. The lowest BCUT2D eigenvalue weighted by molar-refractivity contribution is -0.111. The van der Waals surface area contributed by atoms with Crippen molar-refractivity contribution < 1.29 is 14.6 Å². The molecular formula is C17H20N4O3. The van der Waals surface area contributed by atoms with E-state index in [9.17, 15) is 4.79 Å². The van der Waals surface area contributed by atoms with Gasteiger partial charge in [0.1, 0.15) is 12.4 Å². The van der Waals surface area contributed by atoms with Crippen molar-refractivity contribution in [1.82, 2.24) is 0 Å². The molecule has 0 atom stereocenters. The molecule has 0 fully saturated rings. The smallest absolute Gasteiger partial charge is 0.248 e. The lowest BCUT2D eigenvalue weighted by Gasteiger charge is -2.10. The summed E-state index contributed by atoms with van der Waals surface area (Å²) in [6.45, 7) is -0.00337. The first-order valence-electron chi connectivity index (χ1n) is 7.27. The first-order chi connectivity index (χ1) is 11.5. The minimum absolute atomic E-state index is 0.121. The van der Waals surface area contributed by atoms with E-state index in [0.717, 1.165) is 0 Å². The molecule has 0 aliphatic rings. The molecule has 24 heavy (non-hydrogen) atoms. The van der Waals surface area contributed by atoms with Crippen molar-refractivity contribution in [2.75, 3.05) is 35.7 Å². The maximum atomic E-state index is 12.0. The van der Waals surface area contributed by atoms with Gasteiger partial charge < -0.3 is 32.4 Å². The van der Waals surface area contributed by atoms with E-state index >= 15 is 0 Å². The van der Waals surface area contributed by atoms with Gasteiger partial charge in [0.25, 0.3) is 0 Å². The van der Waals surface area contributed by atoms with Crippen LogP contribution in [0.1, 0.15) is 5.56 Å². The fourth-order valence-corrected chi connectivity index (χ4v) is 1.98. The summed E-state index contributed by atoms with van der Waals surface area (Å²) in [4.78, 5) is 12.0. The van der Waals surface area contributed by atoms with Gasteiger partial charge in [-0.05, 0) is 42.0 Å². The maximum Gasteiger partial charge on any atom is 0.248 e. The van der Waals surface area contributed by atoms with Gasteiger partial charge in [0.15, 0.2) is 0 Å². The summed E-state index contributed by atoms with van der Waals surface area (Å²) in [7, 11) is 0. The van der Waals surface area contributed by atoms with Gasteiger partial charge in [-0.2, -0.15) is 0 Å². The molecule has 0 saturated carbocycles. The molecule has 0 spiro atoms. The van der Waals surface area contributed by atoms with Crippen LogP contribution in [-0.2, 0) is 4.79 Å². The molecule has 2 aromatic carbocycles. The van der Waals surface area contributed by atoms with Crippen molar-refractivity contribution in [3.8, 4) is 5.75 Å². The molecule has 7 nitrogen and oxygen atoms in total. The summed E-state index contributed by atoms with van der Waals surface area (Å²) in [5.74, 6) is 0.0561. The number of nitrogens with two attached hydrogens (primary N) is 3. The lowest BCUT2D eigenvalue weighted by Crippen LogP contribution is -2.09. The van der Waals surface area contributed by atoms with Gasteiger partial charge in [-0.3, -0.25) is 4.79 Å². The van der Waals surface area contributed by atoms with Crippen LogP contribution in [0, 0.1) is 0 Å². The second-order valence-corrected chi connectivity index (χ2v) is 5.04. The van der Waals surface area contributed by atoms with Crippen LogP contribution in [-0.4, -0.2) is 24.2 Å². The lowest BCUT2D eigenvalue weighted by atomic mass is 10.1. The first-order valence-corrected chi connectivity index (χ1v) is 7.27. The summed E-state index contributed by atoms with van der Waals surface area (Å²) in [6, 6.07) is 9.91. The van der Waals surface area contributed by atoms with Crippen LogP contribution in [0.25, 0.3) is 6.08 Å². The van der Waals surface area contributed by atoms with Crippen molar-refractivity contribution in [3.63, 3.8) is 0 Å². The monoisotopic (exact) mass is 328 g/mol. The number of carbonyl (C=O) groups is 1. The van der Waals surface area contributed by atoms with Crippen LogP contribution in [0.3, 0.4) is 0 Å². The molecule has 0 aliphatic carbocycles. The molecular weight excluding hydrogens is 308 g/mol. The molecule has 2 rings (SSSR count). The van der Waals surface area contributed by atoms with E-state index in [1.807, 2.05) is 0 Å². The quantitative estimate of drug-likeness (QED) is 0.402. The third-order valence-corrected chi connectivity index (χ3v) is 3.16. The zero-order valence-electron chi connectivity index (χ0n) is 13.0. The molecule has 0 bridgehead atoms. The van der Waals surface area contributed by atoms with Crippen molar-refractivity contribution in [1.29, 1.82) is 0 Å². The van der Waals surface area contributed by atoms with Gasteiger partial charge in [0.05, 0.1) is 12.3 Å². The van der Waals surface area contributed by atoms with Crippen LogP contribution in [0.2, 0.25) is 0 Å². The largest absolute Gasteiger partial charge is 0.489 e. The van der Waals surface area contributed by atoms with E-state index in [1.165, 1.54) is 6.08 Å². The Morgan fingerprint density at radius 3 is 2.62 bits per heavy atom. The van der Waals surface area contributed by atoms with Gasteiger partial charge in [-0.15, -0.1) is 0 Å². The summed E-state index contributed by atoms with van der Waals surface area (Å²) < 4.78 is 5.29. The SMILES string of the molecule is Nc1ccc(N)c(C=CC(=O)Nc2ccc(N)c(OCCO)c2)c1. The van der Waals surface area contributed by atoms with Gasteiger partial charge in [-0.25, -0.2) is 0 Å². The number of amides is 1. The van der Waals surface area contributed by atoms with E-state index in [2.05, 4.69) is 5.32 Å². The predicted molar refractivity (Wildman–Crippen MR) is 96.4 cm³/mol. The molecule has 1 amide bonds. The summed E-state index contributed by atoms with van der Waals surface area (Å²) in [5, 5.41) is 11.5. The molecule has 7 heteroatoms. The van der Waals surface area contributed by atoms with E-state index in [1.54, 1.807) is 42.5 Å². The van der Waals surface area contributed by atoms with E-state index in [4.69, 9.17) is 27.0 Å². The third kappa shape index (κ3) is 4.65. The third-order valence-electron chi connectivity index (χ3n) is 3.16. The Morgan fingerprint density at radius 1 is 1.12 bits per heavy atom. The molecule has 126 valence electrons. The normalized spacial score (nSPS) is 10.7. The average Bonchev–Trinajstić information content (AvgIpc) is 2.56. The van der Waals surface area contributed by atoms with E-state index < -0.39 is 0 Å². The number of aliphatic hydroxyl groups is 1. The number of carbonyl (C=O) groups excluding carboxylic acids is 1. The molecule has 0 unspecified atom stereocenters. The minimum Gasteiger partial charge on any atom is -0.489 e. The number of hydrogen-bond acceptors (Lipinski definition) is 6. The zero-order chi connectivity index (χ0) is 17.5. The van der Waals surface area contributed by atoms with Crippen molar-refractivity contribution in [3.05, 3.63) is 48.0 Å². The number of nitrogens with one attached hydrogen (secondary N) is 1. The Kier molecular flexibility index (Phi) is 5.64. The summed E-state index contributed by atoms with van der Waals surface area (Å²) in [5.41, 5.74) is 20.0. The molecule has 0 heterocycles. The number of nitrogen functional groups attached to an aromatic ring is 3. The van der Waals surface area contributed by atoms with Crippen LogP contribution in [0.4, 0.5) is 22.7 Å². The number of aliphatic hydroxyl groups excluding tert-OH is 1. The molecule has 0 saturated heterocycles. The standard InChI is InChI=1S/C17H20N4O3/c18-12-2-4-14(19)11(9-12)1-6-17(23)21-13-3-5-15(20)16(10-13)24-8-7-22/h1-6,9-10,22H,7-8,18-20H2,(H,21,23). The van der Waals surface area contributed by atoms with Crippen LogP contribution in [0.5, 0.6) is 5.75 Å². The maximum absolute atomic E-state index is 12.0. The zero-order valence-corrected chi connectivity index (χ0v) is 13.0. The van der Waals surface area contributed by atoms with Crippen LogP contribution in [0.15, 0.2) is 42.5 Å². The Morgan fingerprint density at radius 2 is 1.88 bits per heavy atom. The summed E-state index contributed by atoms with van der Waals surface area (Å²) >= 11 is 0. The number of anilines is 4. The number of hydrogen-bond donors (Lipinski definition) is 5. The van der Waals surface area contributed by atoms with E-state index in [0.29, 0.717) is 34.1 Å². The molecule has 8 N–H and O–H groups in total. The van der Waals surface area contributed by atoms with Crippen molar-refractivity contribution >= 4 is 34.7 Å². The number of benzene rings is 2. The second-order valence-electron chi connectivity index (χ2n) is 5.04. The Balaban J connectivity index is 2.06. The Bertz CT molecular complexity index is 759. The molecule has 0 aromatic heterocycles. The first kappa shape index (κ1) is 17.2. The average molecular weight is 328 g/mol. The number of ether oxygens (including phenoxy) is 1. The minimum atomic E-state index is -0.338. The van der Waals surface area contributed by atoms with Gasteiger partial charge >= 0.3 is 0 Å². The molecule has 0 aliphatic heterocycles.